The predicted molar refractivity (Wildman–Crippen MR) is 101 cm³/mol. The van der Waals surface area contributed by atoms with Crippen molar-refractivity contribution in [3.8, 4) is 0 Å². The standard InChI is InChI=1S/C20H21N3O2/c1-2-3-12-23-14-15(16-8-5-7-11-19(16)23)13-21-22-18-10-6-4-9-17(18)20(24)25/h4-11,13-14,22H,2-3,12H2,1H3,(H,24,25)/b21-13-. The van der Waals surface area contributed by atoms with Crippen LogP contribution in [0.5, 0.6) is 0 Å². The van der Waals surface area contributed by atoms with Gasteiger partial charge in [0.2, 0.25) is 0 Å². The molecule has 0 aliphatic heterocycles. The van der Waals surface area contributed by atoms with E-state index in [-0.39, 0.29) is 5.56 Å². The monoisotopic (exact) mass is 335 g/mol. The Morgan fingerprint density at radius 3 is 2.76 bits per heavy atom. The van der Waals surface area contributed by atoms with Crippen LogP contribution in [0.4, 0.5) is 5.69 Å². The Morgan fingerprint density at radius 1 is 1.20 bits per heavy atom. The molecule has 0 spiro atoms. The molecule has 1 heterocycles. The van der Waals surface area contributed by atoms with Gasteiger partial charge in [-0.15, -0.1) is 0 Å². The average molecular weight is 335 g/mol. The lowest BCUT2D eigenvalue weighted by atomic mass is 10.2. The van der Waals surface area contributed by atoms with Crippen molar-refractivity contribution >= 4 is 28.8 Å². The number of carbonyl (C=O) groups is 1. The Labute approximate surface area is 146 Å². The van der Waals surface area contributed by atoms with E-state index in [4.69, 9.17) is 0 Å². The highest BCUT2D eigenvalue weighted by molar-refractivity contribution is 6.00. The number of aromatic nitrogens is 1. The number of nitrogens with one attached hydrogen (secondary N) is 1. The molecule has 1 aromatic heterocycles. The average Bonchev–Trinajstić information content (AvgIpc) is 2.98. The Bertz CT molecular complexity index is 912. The molecule has 0 saturated carbocycles. The highest BCUT2D eigenvalue weighted by Gasteiger charge is 2.08. The topological polar surface area (TPSA) is 66.6 Å². The molecule has 0 unspecified atom stereocenters. The molecular weight excluding hydrogens is 314 g/mol. The Hall–Kier alpha value is -3.08. The lowest BCUT2D eigenvalue weighted by Gasteiger charge is -2.03. The van der Waals surface area contributed by atoms with Crippen LogP contribution in [-0.4, -0.2) is 21.9 Å². The molecule has 0 aliphatic carbocycles. The van der Waals surface area contributed by atoms with E-state index < -0.39 is 5.97 Å². The van der Waals surface area contributed by atoms with Crippen molar-refractivity contribution in [1.82, 2.24) is 4.57 Å². The number of rotatable bonds is 7. The molecule has 2 N–H and O–H groups in total. The van der Waals surface area contributed by atoms with Gasteiger partial charge in [0.25, 0.3) is 0 Å². The Kier molecular flexibility index (Phi) is 5.14. The summed E-state index contributed by atoms with van der Waals surface area (Å²) in [6, 6.07) is 15.0. The van der Waals surface area contributed by atoms with Gasteiger partial charge in [0.1, 0.15) is 0 Å². The van der Waals surface area contributed by atoms with Gasteiger partial charge < -0.3 is 9.67 Å². The second kappa shape index (κ2) is 7.66. The molecule has 0 aliphatic rings. The van der Waals surface area contributed by atoms with Gasteiger partial charge in [-0.2, -0.15) is 5.10 Å². The molecule has 0 saturated heterocycles. The molecule has 0 bridgehead atoms. The molecule has 5 nitrogen and oxygen atoms in total. The first-order valence-electron chi connectivity index (χ1n) is 8.40. The number of para-hydroxylation sites is 2. The fraction of sp³-hybridized carbons (Fsp3) is 0.200. The van der Waals surface area contributed by atoms with Crippen LogP contribution in [0.2, 0.25) is 0 Å². The number of carboxylic acids is 1. The van der Waals surface area contributed by atoms with Crippen LogP contribution < -0.4 is 5.43 Å². The van der Waals surface area contributed by atoms with Gasteiger partial charge in [-0.25, -0.2) is 4.79 Å². The number of nitrogens with zero attached hydrogens (tertiary/aromatic N) is 2. The minimum absolute atomic E-state index is 0.199. The van der Waals surface area contributed by atoms with E-state index in [9.17, 15) is 9.90 Å². The number of aromatic carboxylic acids is 1. The second-order valence-corrected chi connectivity index (χ2v) is 5.87. The smallest absolute Gasteiger partial charge is 0.337 e. The van der Waals surface area contributed by atoms with Gasteiger partial charge in [0.15, 0.2) is 0 Å². The summed E-state index contributed by atoms with van der Waals surface area (Å²) in [6.07, 6.45) is 6.10. The SMILES string of the molecule is CCCCn1cc(/C=N\Nc2ccccc2C(=O)O)c2ccccc21. The van der Waals surface area contributed by atoms with E-state index in [2.05, 4.69) is 40.3 Å². The maximum absolute atomic E-state index is 11.2. The quantitative estimate of drug-likeness (QED) is 0.490. The van der Waals surface area contributed by atoms with Crippen LogP contribution in [0.3, 0.4) is 0 Å². The van der Waals surface area contributed by atoms with Gasteiger partial charge in [-0.1, -0.05) is 43.7 Å². The van der Waals surface area contributed by atoms with Gasteiger partial charge in [-0.3, -0.25) is 5.43 Å². The molecule has 3 aromatic rings. The normalized spacial score (nSPS) is 11.2. The van der Waals surface area contributed by atoms with Crippen molar-refractivity contribution in [2.45, 2.75) is 26.3 Å². The molecule has 25 heavy (non-hydrogen) atoms. The molecule has 0 radical (unpaired) electrons. The molecule has 2 aromatic carbocycles. The zero-order chi connectivity index (χ0) is 17.6. The number of hydrogen-bond acceptors (Lipinski definition) is 3. The number of aryl methyl sites for hydroxylation is 1. The third-order valence-corrected chi connectivity index (χ3v) is 4.12. The molecule has 128 valence electrons. The van der Waals surface area contributed by atoms with Crippen LogP contribution in [0.25, 0.3) is 10.9 Å². The lowest BCUT2D eigenvalue weighted by Crippen LogP contribution is -2.02. The summed E-state index contributed by atoms with van der Waals surface area (Å²) in [5.74, 6) is -0.977. The number of unbranched alkanes of at least 4 members (excludes halogenated alkanes) is 1. The van der Waals surface area contributed by atoms with Gasteiger partial charge in [0.05, 0.1) is 17.5 Å². The van der Waals surface area contributed by atoms with Crippen molar-refractivity contribution in [1.29, 1.82) is 0 Å². The zero-order valence-corrected chi connectivity index (χ0v) is 14.1. The van der Waals surface area contributed by atoms with E-state index in [1.807, 2.05) is 12.1 Å². The minimum atomic E-state index is -0.977. The highest BCUT2D eigenvalue weighted by Crippen LogP contribution is 2.21. The van der Waals surface area contributed by atoms with E-state index in [0.29, 0.717) is 5.69 Å². The first-order valence-corrected chi connectivity index (χ1v) is 8.40. The lowest BCUT2D eigenvalue weighted by molar-refractivity contribution is 0.0698. The van der Waals surface area contributed by atoms with Gasteiger partial charge in [0, 0.05) is 29.2 Å². The largest absolute Gasteiger partial charge is 0.478 e. The first kappa shape index (κ1) is 16.8. The van der Waals surface area contributed by atoms with E-state index >= 15 is 0 Å². The Morgan fingerprint density at radius 2 is 1.96 bits per heavy atom. The third-order valence-electron chi connectivity index (χ3n) is 4.12. The maximum Gasteiger partial charge on any atom is 0.337 e. The van der Waals surface area contributed by atoms with E-state index in [1.165, 1.54) is 5.52 Å². The van der Waals surface area contributed by atoms with Crippen LogP contribution in [0, 0.1) is 0 Å². The fourth-order valence-electron chi connectivity index (χ4n) is 2.83. The summed E-state index contributed by atoms with van der Waals surface area (Å²) in [6.45, 7) is 3.15. The van der Waals surface area contributed by atoms with Crippen molar-refractivity contribution in [3.63, 3.8) is 0 Å². The summed E-state index contributed by atoms with van der Waals surface area (Å²) < 4.78 is 2.24. The molecule has 3 rings (SSSR count). The minimum Gasteiger partial charge on any atom is -0.478 e. The molecule has 0 fully saturated rings. The van der Waals surface area contributed by atoms with Crippen LogP contribution in [-0.2, 0) is 6.54 Å². The maximum atomic E-state index is 11.2. The molecule has 0 atom stereocenters. The highest BCUT2D eigenvalue weighted by atomic mass is 16.4. The van der Waals surface area contributed by atoms with E-state index in [0.717, 1.165) is 30.3 Å². The number of fused-ring (bicyclic) bond motifs is 1. The van der Waals surface area contributed by atoms with E-state index in [1.54, 1.807) is 30.5 Å². The summed E-state index contributed by atoms with van der Waals surface area (Å²) in [4.78, 5) is 11.2. The third kappa shape index (κ3) is 3.71. The number of hydrazone groups is 1. The zero-order valence-electron chi connectivity index (χ0n) is 14.1. The predicted octanol–water partition coefficient (Wildman–Crippen LogP) is 4.59. The van der Waals surface area contributed by atoms with Crippen molar-refractivity contribution < 1.29 is 9.90 Å². The number of hydrogen-bond donors (Lipinski definition) is 2. The summed E-state index contributed by atoms with van der Waals surface area (Å²) >= 11 is 0. The van der Waals surface area contributed by atoms with Gasteiger partial charge >= 0.3 is 5.97 Å². The fourth-order valence-corrected chi connectivity index (χ4v) is 2.83. The second-order valence-electron chi connectivity index (χ2n) is 5.87. The van der Waals surface area contributed by atoms with Crippen LogP contribution in [0.15, 0.2) is 59.8 Å². The molecular formula is C20H21N3O2. The van der Waals surface area contributed by atoms with Crippen molar-refractivity contribution in [2.75, 3.05) is 5.43 Å². The first-order chi connectivity index (χ1) is 12.2. The number of anilines is 1. The molecule has 0 amide bonds. The molecule has 5 heteroatoms. The number of benzene rings is 2. The van der Waals surface area contributed by atoms with Crippen LogP contribution >= 0.6 is 0 Å². The summed E-state index contributed by atoms with van der Waals surface area (Å²) in [5, 5.41) is 14.6. The van der Waals surface area contributed by atoms with Crippen LogP contribution in [0.1, 0.15) is 35.7 Å². The summed E-state index contributed by atoms with van der Waals surface area (Å²) in [7, 11) is 0. The van der Waals surface area contributed by atoms with Gasteiger partial charge in [-0.05, 0) is 24.6 Å². The Balaban J connectivity index is 1.86. The summed E-state index contributed by atoms with van der Waals surface area (Å²) in [5.41, 5.74) is 5.70. The number of carboxylic acid groups (broad SMARTS) is 1. The van der Waals surface area contributed by atoms with Crippen molar-refractivity contribution in [3.05, 3.63) is 65.9 Å². The van der Waals surface area contributed by atoms with Crippen molar-refractivity contribution in [2.24, 2.45) is 5.10 Å².